The van der Waals surface area contributed by atoms with Gasteiger partial charge in [-0.1, -0.05) is 20.8 Å². The Kier molecular flexibility index (Phi) is 5.21. The van der Waals surface area contributed by atoms with Gasteiger partial charge in [-0.15, -0.1) is 0 Å². The first-order valence-corrected chi connectivity index (χ1v) is 8.81. The van der Waals surface area contributed by atoms with Gasteiger partial charge in [-0.25, -0.2) is 0 Å². The SMILES string of the molecule is CCN1CCC(CN)(N2CCSC(C)(C)CC2)CC1. The summed E-state index contributed by atoms with van der Waals surface area (Å²) < 4.78 is 0.439. The highest BCUT2D eigenvalue weighted by Crippen LogP contribution is 2.35. The third-order valence-corrected chi connectivity index (χ3v) is 6.49. The Balaban J connectivity index is 2.01. The fraction of sp³-hybridized carbons (Fsp3) is 1.00. The zero-order valence-corrected chi connectivity index (χ0v) is 13.8. The summed E-state index contributed by atoms with van der Waals surface area (Å²) >= 11 is 2.13. The van der Waals surface area contributed by atoms with Crippen LogP contribution in [0, 0.1) is 0 Å². The van der Waals surface area contributed by atoms with Crippen LogP contribution in [0.4, 0.5) is 0 Å². The summed E-state index contributed by atoms with van der Waals surface area (Å²) in [5.74, 6) is 1.26. The molecule has 2 N–H and O–H groups in total. The van der Waals surface area contributed by atoms with Crippen molar-refractivity contribution in [2.75, 3.05) is 45.0 Å². The highest BCUT2D eigenvalue weighted by Gasteiger charge is 2.39. The zero-order valence-electron chi connectivity index (χ0n) is 13.0. The van der Waals surface area contributed by atoms with E-state index < -0.39 is 0 Å². The molecule has 0 spiro atoms. The van der Waals surface area contributed by atoms with Crippen LogP contribution < -0.4 is 5.73 Å². The van der Waals surface area contributed by atoms with E-state index in [0.717, 1.165) is 6.54 Å². The van der Waals surface area contributed by atoms with E-state index in [1.807, 2.05) is 0 Å². The highest BCUT2D eigenvalue weighted by atomic mass is 32.2. The van der Waals surface area contributed by atoms with Gasteiger partial charge in [-0.3, -0.25) is 4.90 Å². The minimum absolute atomic E-state index is 0.284. The lowest BCUT2D eigenvalue weighted by atomic mass is 9.85. The average molecular weight is 286 g/mol. The van der Waals surface area contributed by atoms with Gasteiger partial charge in [-0.05, 0) is 38.9 Å². The Morgan fingerprint density at radius 2 is 1.74 bits per heavy atom. The zero-order chi connectivity index (χ0) is 13.9. The molecule has 0 radical (unpaired) electrons. The Bertz CT molecular complexity index is 285. The van der Waals surface area contributed by atoms with Crippen molar-refractivity contribution in [3.63, 3.8) is 0 Å². The van der Waals surface area contributed by atoms with E-state index in [1.54, 1.807) is 0 Å². The standard InChI is InChI=1S/C15H31N3S/c1-4-17-8-6-15(13-16,7-9-17)18-10-5-14(2,3)19-12-11-18/h4-13,16H2,1-3H3. The van der Waals surface area contributed by atoms with Crippen molar-refractivity contribution < 1.29 is 0 Å². The molecule has 0 amide bonds. The van der Waals surface area contributed by atoms with E-state index >= 15 is 0 Å². The number of piperidine rings is 1. The van der Waals surface area contributed by atoms with E-state index in [0.29, 0.717) is 4.75 Å². The number of rotatable bonds is 3. The molecule has 2 fully saturated rings. The lowest BCUT2D eigenvalue weighted by Crippen LogP contribution is -2.60. The molecule has 0 saturated carbocycles. The van der Waals surface area contributed by atoms with Gasteiger partial charge in [0.2, 0.25) is 0 Å². The molecule has 0 aromatic rings. The molecule has 0 atom stereocenters. The number of hydrogen-bond donors (Lipinski definition) is 1. The third-order valence-electron chi connectivity index (χ3n) is 5.12. The molecule has 0 unspecified atom stereocenters. The summed E-state index contributed by atoms with van der Waals surface area (Å²) in [5.41, 5.74) is 6.49. The monoisotopic (exact) mass is 285 g/mol. The van der Waals surface area contributed by atoms with E-state index in [9.17, 15) is 0 Å². The normalized spacial score (nSPS) is 29.1. The first-order chi connectivity index (χ1) is 9.01. The molecule has 19 heavy (non-hydrogen) atoms. The number of nitrogens with two attached hydrogens (primary N) is 1. The molecule has 2 aliphatic heterocycles. The first-order valence-electron chi connectivity index (χ1n) is 7.83. The van der Waals surface area contributed by atoms with Crippen molar-refractivity contribution in [2.45, 2.75) is 50.3 Å². The second kappa shape index (κ2) is 6.33. The Hall–Kier alpha value is 0.230. The maximum absolute atomic E-state index is 6.21. The highest BCUT2D eigenvalue weighted by molar-refractivity contribution is 8.00. The fourth-order valence-electron chi connectivity index (χ4n) is 3.43. The Morgan fingerprint density at radius 3 is 2.32 bits per heavy atom. The van der Waals surface area contributed by atoms with Crippen LogP contribution in [0.5, 0.6) is 0 Å². The second-order valence-electron chi connectivity index (χ2n) is 6.71. The predicted molar refractivity (Wildman–Crippen MR) is 85.9 cm³/mol. The molecule has 2 heterocycles. The number of nitrogens with zero attached hydrogens (tertiary/aromatic N) is 2. The molecule has 112 valence electrons. The molecule has 4 heteroatoms. The van der Waals surface area contributed by atoms with Gasteiger partial charge < -0.3 is 10.6 Å². The van der Waals surface area contributed by atoms with Crippen LogP contribution in [-0.4, -0.2) is 65.1 Å². The predicted octanol–water partition coefficient (Wildman–Crippen LogP) is 2.02. The first kappa shape index (κ1) is 15.6. The van der Waals surface area contributed by atoms with Crippen molar-refractivity contribution >= 4 is 11.8 Å². The van der Waals surface area contributed by atoms with Crippen LogP contribution >= 0.6 is 11.8 Å². The van der Waals surface area contributed by atoms with Crippen molar-refractivity contribution in [3.05, 3.63) is 0 Å². The second-order valence-corrected chi connectivity index (χ2v) is 8.51. The summed E-state index contributed by atoms with van der Waals surface area (Å²) in [6.45, 7) is 13.9. The van der Waals surface area contributed by atoms with Gasteiger partial charge in [0.25, 0.3) is 0 Å². The maximum atomic E-state index is 6.21. The number of hydrogen-bond acceptors (Lipinski definition) is 4. The van der Waals surface area contributed by atoms with Crippen LogP contribution in [0.25, 0.3) is 0 Å². The molecule has 3 nitrogen and oxygen atoms in total. The summed E-state index contributed by atoms with van der Waals surface area (Å²) in [6.07, 6.45) is 3.79. The molecule has 0 aliphatic carbocycles. The van der Waals surface area contributed by atoms with Gasteiger partial charge >= 0.3 is 0 Å². The number of thioether (sulfide) groups is 1. The number of likely N-dealkylation sites (tertiary alicyclic amines) is 1. The van der Waals surface area contributed by atoms with E-state index in [1.165, 1.54) is 57.7 Å². The lowest BCUT2D eigenvalue weighted by Gasteiger charge is -2.48. The average Bonchev–Trinajstić information content (AvgIpc) is 2.60. The lowest BCUT2D eigenvalue weighted by molar-refractivity contribution is 0.0319. The Labute approximate surface area is 123 Å². The van der Waals surface area contributed by atoms with Crippen LogP contribution in [0.3, 0.4) is 0 Å². The van der Waals surface area contributed by atoms with Crippen molar-refractivity contribution in [1.82, 2.24) is 9.80 Å². The van der Waals surface area contributed by atoms with Crippen LogP contribution in [0.15, 0.2) is 0 Å². The van der Waals surface area contributed by atoms with Crippen molar-refractivity contribution in [2.24, 2.45) is 5.73 Å². The minimum Gasteiger partial charge on any atom is -0.329 e. The minimum atomic E-state index is 0.284. The summed E-state index contributed by atoms with van der Waals surface area (Å²) in [7, 11) is 0. The fourth-order valence-corrected chi connectivity index (χ4v) is 4.53. The van der Waals surface area contributed by atoms with Crippen molar-refractivity contribution in [3.8, 4) is 0 Å². The molecule has 0 aromatic heterocycles. The smallest absolute Gasteiger partial charge is 0.0356 e. The maximum Gasteiger partial charge on any atom is 0.0356 e. The summed E-state index contributed by atoms with van der Waals surface area (Å²) in [5, 5.41) is 0. The Morgan fingerprint density at radius 1 is 1.05 bits per heavy atom. The van der Waals surface area contributed by atoms with Gasteiger partial charge in [-0.2, -0.15) is 11.8 Å². The molecule has 0 aromatic carbocycles. The third kappa shape index (κ3) is 3.66. The van der Waals surface area contributed by atoms with Gasteiger partial charge in [0.1, 0.15) is 0 Å². The quantitative estimate of drug-likeness (QED) is 0.860. The van der Waals surface area contributed by atoms with E-state index in [-0.39, 0.29) is 5.54 Å². The topological polar surface area (TPSA) is 32.5 Å². The van der Waals surface area contributed by atoms with Gasteiger partial charge in [0.15, 0.2) is 0 Å². The van der Waals surface area contributed by atoms with Crippen LogP contribution in [-0.2, 0) is 0 Å². The molecular formula is C15H31N3S. The van der Waals surface area contributed by atoms with Crippen LogP contribution in [0.1, 0.15) is 40.0 Å². The van der Waals surface area contributed by atoms with Gasteiger partial charge in [0.05, 0.1) is 0 Å². The molecule has 2 rings (SSSR count). The van der Waals surface area contributed by atoms with Crippen LogP contribution in [0.2, 0.25) is 0 Å². The van der Waals surface area contributed by atoms with Crippen molar-refractivity contribution in [1.29, 1.82) is 0 Å². The largest absolute Gasteiger partial charge is 0.329 e. The molecule has 2 saturated heterocycles. The molecular weight excluding hydrogens is 254 g/mol. The molecule has 2 aliphatic rings. The van der Waals surface area contributed by atoms with Gasteiger partial charge in [0, 0.05) is 35.7 Å². The molecule has 0 bridgehead atoms. The van der Waals surface area contributed by atoms with E-state index in [2.05, 4.69) is 42.3 Å². The summed E-state index contributed by atoms with van der Waals surface area (Å²) in [4.78, 5) is 5.28. The van der Waals surface area contributed by atoms with E-state index in [4.69, 9.17) is 5.73 Å². The summed E-state index contributed by atoms with van der Waals surface area (Å²) in [6, 6.07) is 0.